The zero-order valence-corrected chi connectivity index (χ0v) is 14.5. The molecule has 2 heterocycles. The fraction of sp³-hybridized carbons (Fsp3) is 0.333. The monoisotopic (exact) mass is 363 g/mol. The van der Waals surface area contributed by atoms with Gasteiger partial charge in [-0.3, -0.25) is 4.79 Å². The highest BCUT2D eigenvalue weighted by Crippen LogP contribution is 2.26. The number of hydrogen-bond acceptors (Lipinski definition) is 5. The largest absolute Gasteiger partial charge is 0.485 e. The number of halogens is 1. The molecule has 1 aliphatic rings. The molecule has 0 bridgehead atoms. The van der Waals surface area contributed by atoms with Crippen LogP contribution in [0.5, 0.6) is 5.75 Å². The summed E-state index contributed by atoms with van der Waals surface area (Å²) >= 11 is 1.49. The van der Waals surface area contributed by atoms with Gasteiger partial charge in [0.1, 0.15) is 12.1 Å². The van der Waals surface area contributed by atoms with E-state index in [2.05, 4.69) is 0 Å². The van der Waals surface area contributed by atoms with E-state index in [1.54, 1.807) is 12.1 Å². The Morgan fingerprint density at radius 3 is 2.76 bits per heavy atom. The van der Waals surface area contributed by atoms with E-state index >= 15 is 0 Å². The zero-order valence-electron chi connectivity index (χ0n) is 13.7. The topological polar surface area (TPSA) is 55.8 Å². The van der Waals surface area contributed by atoms with Crippen LogP contribution in [0.4, 0.5) is 4.39 Å². The molecule has 1 aliphatic heterocycles. The van der Waals surface area contributed by atoms with E-state index in [0.29, 0.717) is 0 Å². The van der Waals surface area contributed by atoms with Crippen molar-refractivity contribution >= 4 is 23.2 Å². The number of amides is 1. The minimum absolute atomic E-state index is 0.115. The van der Waals surface area contributed by atoms with Gasteiger partial charge in [-0.1, -0.05) is 18.2 Å². The number of rotatable bonds is 5. The number of carbonyl (C=O) groups is 2. The molecule has 1 aromatic heterocycles. The summed E-state index contributed by atoms with van der Waals surface area (Å²) in [6.07, 6.45) is 0.0303. The first-order chi connectivity index (χ1) is 12.1. The van der Waals surface area contributed by atoms with Gasteiger partial charge >= 0.3 is 5.97 Å². The number of methoxy groups -OCH3 is 1. The second-order valence-corrected chi connectivity index (χ2v) is 6.78. The van der Waals surface area contributed by atoms with Crippen LogP contribution in [0.15, 0.2) is 41.8 Å². The van der Waals surface area contributed by atoms with E-state index in [1.165, 1.54) is 35.5 Å². The smallest absolute Gasteiger partial charge is 0.328 e. The molecule has 0 N–H and O–H groups in total. The van der Waals surface area contributed by atoms with Crippen molar-refractivity contribution in [1.82, 2.24) is 4.90 Å². The van der Waals surface area contributed by atoms with E-state index in [1.807, 2.05) is 17.5 Å². The van der Waals surface area contributed by atoms with Gasteiger partial charge in [-0.2, -0.15) is 0 Å². The third-order valence-corrected chi connectivity index (χ3v) is 4.97. The van der Waals surface area contributed by atoms with E-state index < -0.39 is 23.9 Å². The first kappa shape index (κ1) is 17.4. The summed E-state index contributed by atoms with van der Waals surface area (Å²) in [5, 5.41) is 1.90. The lowest BCUT2D eigenvalue weighted by molar-refractivity contribution is -0.150. The molecule has 1 aromatic carbocycles. The maximum atomic E-state index is 13.8. The molecule has 5 nitrogen and oxygen atoms in total. The van der Waals surface area contributed by atoms with Crippen LogP contribution in [-0.2, 0) is 20.7 Å². The van der Waals surface area contributed by atoms with Crippen molar-refractivity contribution in [3.63, 3.8) is 0 Å². The number of nitrogens with zero attached hydrogens (tertiary/aromatic N) is 1. The second-order valence-electron chi connectivity index (χ2n) is 5.75. The molecule has 2 aromatic rings. The average Bonchev–Trinajstić information content (AvgIpc) is 3.26. The fourth-order valence-electron chi connectivity index (χ4n) is 2.90. The van der Waals surface area contributed by atoms with E-state index in [0.717, 1.165) is 4.88 Å². The molecule has 0 radical (unpaired) electrons. The molecule has 2 atom stereocenters. The molecule has 7 heteroatoms. The van der Waals surface area contributed by atoms with Crippen molar-refractivity contribution in [3.8, 4) is 5.75 Å². The van der Waals surface area contributed by atoms with Gasteiger partial charge in [0.25, 0.3) is 0 Å². The van der Waals surface area contributed by atoms with Crippen LogP contribution in [0.3, 0.4) is 0 Å². The lowest BCUT2D eigenvalue weighted by Gasteiger charge is -2.22. The Morgan fingerprint density at radius 1 is 1.28 bits per heavy atom. The highest BCUT2D eigenvalue weighted by molar-refractivity contribution is 7.10. The molecule has 0 unspecified atom stereocenters. The number of carbonyl (C=O) groups excluding carboxylic acids is 2. The van der Waals surface area contributed by atoms with E-state index in [4.69, 9.17) is 9.47 Å². The molecular formula is C18H18FNO4S. The van der Waals surface area contributed by atoms with Crippen LogP contribution >= 0.6 is 11.3 Å². The average molecular weight is 363 g/mol. The number of para-hydroxylation sites is 1. The van der Waals surface area contributed by atoms with Gasteiger partial charge in [-0.25, -0.2) is 9.18 Å². The number of likely N-dealkylation sites (tertiary alicyclic amines) is 1. The van der Waals surface area contributed by atoms with Crippen molar-refractivity contribution in [2.45, 2.75) is 25.0 Å². The third kappa shape index (κ3) is 3.99. The molecule has 132 valence electrons. The quantitative estimate of drug-likeness (QED) is 0.767. The highest BCUT2D eigenvalue weighted by atomic mass is 32.1. The van der Waals surface area contributed by atoms with Gasteiger partial charge in [0.2, 0.25) is 5.91 Å². The minimum atomic E-state index is -0.714. The maximum Gasteiger partial charge on any atom is 0.328 e. The first-order valence-corrected chi connectivity index (χ1v) is 8.77. The summed E-state index contributed by atoms with van der Waals surface area (Å²) in [6, 6.07) is 9.11. The van der Waals surface area contributed by atoms with Crippen LogP contribution in [0.2, 0.25) is 0 Å². The molecule has 0 spiro atoms. The van der Waals surface area contributed by atoms with Crippen molar-refractivity contribution in [1.29, 1.82) is 0 Å². The SMILES string of the molecule is COC(=O)[C@@H]1C[C@H](Oc2ccccc2F)CN1C(=O)Cc1cccs1. The normalized spacial score (nSPS) is 19.7. The molecule has 0 saturated carbocycles. The molecule has 25 heavy (non-hydrogen) atoms. The molecule has 1 amide bonds. The van der Waals surface area contributed by atoms with Crippen LogP contribution < -0.4 is 4.74 Å². The fourth-order valence-corrected chi connectivity index (χ4v) is 3.60. The molecule has 1 fully saturated rings. The summed E-state index contributed by atoms with van der Waals surface area (Å²) in [7, 11) is 1.29. The van der Waals surface area contributed by atoms with Crippen molar-refractivity contribution in [3.05, 3.63) is 52.5 Å². The van der Waals surface area contributed by atoms with Crippen LogP contribution in [-0.4, -0.2) is 42.6 Å². The van der Waals surface area contributed by atoms with Gasteiger partial charge in [0.15, 0.2) is 11.6 Å². The molecule has 3 rings (SSSR count). The van der Waals surface area contributed by atoms with Crippen molar-refractivity contribution in [2.75, 3.05) is 13.7 Å². The minimum Gasteiger partial charge on any atom is -0.485 e. The van der Waals surface area contributed by atoms with Gasteiger partial charge in [0, 0.05) is 11.3 Å². The molecule has 1 saturated heterocycles. The lowest BCUT2D eigenvalue weighted by atomic mass is 10.2. The number of hydrogen-bond donors (Lipinski definition) is 0. The van der Waals surface area contributed by atoms with Crippen molar-refractivity contribution in [2.24, 2.45) is 0 Å². The third-order valence-electron chi connectivity index (χ3n) is 4.09. The van der Waals surface area contributed by atoms with Crippen molar-refractivity contribution < 1.29 is 23.5 Å². The van der Waals surface area contributed by atoms with E-state index in [9.17, 15) is 14.0 Å². The number of esters is 1. The lowest BCUT2D eigenvalue weighted by Crippen LogP contribution is -2.42. The van der Waals surface area contributed by atoms with Gasteiger partial charge in [0.05, 0.1) is 20.1 Å². The number of ether oxygens (including phenoxy) is 2. The van der Waals surface area contributed by atoms with E-state index in [-0.39, 0.29) is 31.0 Å². The predicted octanol–water partition coefficient (Wildman–Crippen LogP) is 2.65. The predicted molar refractivity (Wildman–Crippen MR) is 91.0 cm³/mol. The summed E-state index contributed by atoms with van der Waals surface area (Å²) in [4.78, 5) is 27.0. The standard InChI is InChI=1S/C18H18FNO4S/c1-23-18(22)15-9-12(24-16-7-3-2-6-14(16)19)11-20(15)17(21)10-13-5-4-8-25-13/h2-8,12,15H,9-11H2,1H3/t12-,15-/m0/s1. The van der Waals surface area contributed by atoms with Gasteiger partial charge in [-0.05, 0) is 23.6 Å². The number of benzene rings is 1. The van der Waals surface area contributed by atoms with Crippen LogP contribution in [0.1, 0.15) is 11.3 Å². The Labute approximate surface area is 149 Å². The first-order valence-electron chi connectivity index (χ1n) is 7.89. The van der Waals surface area contributed by atoms with Gasteiger partial charge < -0.3 is 14.4 Å². The van der Waals surface area contributed by atoms with Crippen LogP contribution in [0, 0.1) is 5.82 Å². The molecular weight excluding hydrogens is 345 g/mol. The Bertz CT molecular complexity index is 749. The summed E-state index contributed by atoms with van der Waals surface area (Å²) in [5.74, 6) is -1.01. The Morgan fingerprint density at radius 2 is 2.08 bits per heavy atom. The molecule has 0 aliphatic carbocycles. The Balaban J connectivity index is 1.73. The number of thiophene rings is 1. The second kappa shape index (κ2) is 7.65. The highest BCUT2D eigenvalue weighted by Gasteiger charge is 2.41. The Hall–Kier alpha value is -2.41. The zero-order chi connectivity index (χ0) is 17.8. The van der Waals surface area contributed by atoms with Gasteiger partial charge in [-0.15, -0.1) is 11.3 Å². The maximum absolute atomic E-state index is 13.8. The Kier molecular flexibility index (Phi) is 5.33. The summed E-state index contributed by atoms with van der Waals surface area (Å²) < 4.78 is 24.3. The summed E-state index contributed by atoms with van der Waals surface area (Å²) in [6.45, 7) is 0.221. The van der Waals surface area contributed by atoms with Crippen LogP contribution in [0.25, 0.3) is 0 Å². The summed E-state index contributed by atoms with van der Waals surface area (Å²) in [5.41, 5.74) is 0.